The Morgan fingerprint density at radius 2 is 2.00 bits per heavy atom. The van der Waals surface area contributed by atoms with E-state index in [2.05, 4.69) is 17.5 Å². The second kappa shape index (κ2) is 9.29. The van der Waals surface area contributed by atoms with Gasteiger partial charge in [0, 0.05) is 11.6 Å². The zero-order valence-corrected chi connectivity index (χ0v) is 12.4. The molecule has 1 atom stereocenters. The summed E-state index contributed by atoms with van der Waals surface area (Å²) in [6, 6.07) is 5.89. The fraction of sp³-hybridized carbons (Fsp3) is 0.471. The number of anilines is 1. The van der Waals surface area contributed by atoms with Crippen molar-refractivity contribution >= 4 is 11.6 Å². The van der Waals surface area contributed by atoms with Crippen molar-refractivity contribution in [1.82, 2.24) is 0 Å². The summed E-state index contributed by atoms with van der Waals surface area (Å²) in [5, 5.41) is 2.85. The molecule has 0 bridgehead atoms. The molecule has 0 heterocycles. The van der Waals surface area contributed by atoms with Gasteiger partial charge in [-0.25, -0.2) is 4.39 Å². The summed E-state index contributed by atoms with van der Waals surface area (Å²) in [5.74, 6) is -0.227. The second-order valence-electron chi connectivity index (χ2n) is 4.95. The van der Waals surface area contributed by atoms with Gasteiger partial charge < -0.3 is 5.32 Å². The number of benzene rings is 1. The molecular formula is C17H24FNO. The largest absolute Gasteiger partial charge is 0.326 e. The van der Waals surface area contributed by atoms with Gasteiger partial charge in [-0.15, -0.1) is 0 Å². The number of halogens is 1. The summed E-state index contributed by atoms with van der Waals surface area (Å²) < 4.78 is 12.8. The SMILES string of the molecule is CC=CCCCCC(CC)C(=O)Nc1ccc(F)cc1. The smallest absolute Gasteiger partial charge is 0.227 e. The van der Waals surface area contributed by atoms with E-state index in [-0.39, 0.29) is 17.6 Å². The number of unbranched alkanes of at least 4 members (excludes halogenated alkanes) is 2. The molecule has 0 aliphatic carbocycles. The molecule has 0 radical (unpaired) electrons. The number of amides is 1. The van der Waals surface area contributed by atoms with Crippen molar-refractivity contribution in [2.45, 2.75) is 46.0 Å². The molecule has 0 fully saturated rings. The minimum Gasteiger partial charge on any atom is -0.326 e. The predicted octanol–water partition coefficient (Wildman–Crippen LogP) is 4.93. The summed E-state index contributed by atoms with van der Waals surface area (Å²) in [7, 11) is 0. The number of nitrogens with one attached hydrogen (secondary N) is 1. The van der Waals surface area contributed by atoms with Gasteiger partial charge in [0.15, 0.2) is 0 Å². The summed E-state index contributed by atoms with van der Waals surface area (Å²) in [4.78, 5) is 12.1. The molecule has 0 spiro atoms. The maximum Gasteiger partial charge on any atom is 0.227 e. The first-order valence-corrected chi connectivity index (χ1v) is 7.35. The molecule has 1 unspecified atom stereocenters. The standard InChI is InChI=1S/C17H24FNO/c1-3-5-6-7-8-9-14(4-2)17(20)19-16-12-10-15(18)11-13-16/h3,5,10-14H,4,6-9H2,1-2H3,(H,19,20). The number of carbonyl (C=O) groups excluding carboxylic acids is 1. The first kappa shape index (κ1) is 16.4. The Balaban J connectivity index is 2.40. The maximum absolute atomic E-state index is 12.8. The number of allylic oxidation sites excluding steroid dienone is 2. The van der Waals surface area contributed by atoms with Crippen LogP contribution < -0.4 is 5.32 Å². The molecule has 3 heteroatoms. The minimum atomic E-state index is -0.293. The number of hydrogen-bond acceptors (Lipinski definition) is 1. The van der Waals surface area contributed by atoms with E-state index in [9.17, 15) is 9.18 Å². The number of carbonyl (C=O) groups is 1. The molecular weight excluding hydrogens is 253 g/mol. The molecule has 1 aromatic carbocycles. The highest BCUT2D eigenvalue weighted by molar-refractivity contribution is 5.92. The molecule has 1 rings (SSSR count). The highest BCUT2D eigenvalue weighted by Crippen LogP contribution is 2.17. The fourth-order valence-corrected chi connectivity index (χ4v) is 2.12. The number of rotatable bonds is 8. The van der Waals surface area contributed by atoms with Crippen LogP contribution in [0.5, 0.6) is 0 Å². The van der Waals surface area contributed by atoms with E-state index < -0.39 is 0 Å². The van der Waals surface area contributed by atoms with Gasteiger partial charge in [0.2, 0.25) is 5.91 Å². The van der Waals surface area contributed by atoms with Crippen molar-refractivity contribution in [3.63, 3.8) is 0 Å². The molecule has 1 N–H and O–H groups in total. The molecule has 2 nitrogen and oxygen atoms in total. The lowest BCUT2D eigenvalue weighted by Crippen LogP contribution is -2.22. The Morgan fingerprint density at radius 1 is 1.30 bits per heavy atom. The Labute approximate surface area is 121 Å². The van der Waals surface area contributed by atoms with Crippen molar-refractivity contribution in [3.05, 3.63) is 42.2 Å². The van der Waals surface area contributed by atoms with Crippen LogP contribution in [0.2, 0.25) is 0 Å². The van der Waals surface area contributed by atoms with Crippen molar-refractivity contribution in [3.8, 4) is 0 Å². The lowest BCUT2D eigenvalue weighted by atomic mass is 9.97. The third-order valence-corrected chi connectivity index (χ3v) is 3.38. The first-order chi connectivity index (χ1) is 9.67. The average Bonchev–Trinajstić information content (AvgIpc) is 2.45. The van der Waals surface area contributed by atoms with Crippen molar-refractivity contribution < 1.29 is 9.18 Å². The van der Waals surface area contributed by atoms with E-state index in [0.29, 0.717) is 5.69 Å². The van der Waals surface area contributed by atoms with Crippen molar-refractivity contribution in [2.24, 2.45) is 5.92 Å². The molecule has 110 valence electrons. The van der Waals surface area contributed by atoms with E-state index >= 15 is 0 Å². The molecule has 0 aliphatic heterocycles. The zero-order valence-electron chi connectivity index (χ0n) is 12.4. The number of hydrogen-bond donors (Lipinski definition) is 1. The molecule has 0 saturated heterocycles. The quantitative estimate of drug-likeness (QED) is 0.530. The van der Waals surface area contributed by atoms with Crippen molar-refractivity contribution in [2.75, 3.05) is 5.32 Å². The summed E-state index contributed by atoms with van der Waals surface area (Å²) in [5.41, 5.74) is 0.656. The third kappa shape index (κ3) is 6.00. The Bertz CT molecular complexity index is 425. The van der Waals surface area contributed by atoms with E-state index in [0.717, 1.165) is 32.1 Å². The predicted molar refractivity (Wildman–Crippen MR) is 82.1 cm³/mol. The van der Waals surface area contributed by atoms with E-state index in [1.165, 1.54) is 12.1 Å². The zero-order chi connectivity index (χ0) is 14.8. The second-order valence-corrected chi connectivity index (χ2v) is 4.95. The van der Waals surface area contributed by atoms with Gasteiger partial charge >= 0.3 is 0 Å². The minimum absolute atomic E-state index is 0.0325. The van der Waals surface area contributed by atoms with Gasteiger partial charge in [0.1, 0.15) is 5.82 Å². The van der Waals surface area contributed by atoms with Crippen LogP contribution in [0, 0.1) is 11.7 Å². The van der Waals surface area contributed by atoms with Crippen LogP contribution in [0.25, 0.3) is 0 Å². The highest BCUT2D eigenvalue weighted by atomic mass is 19.1. The van der Waals surface area contributed by atoms with Gasteiger partial charge in [-0.05, 0) is 56.9 Å². The fourth-order valence-electron chi connectivity index (χ4n) is 2.12. The van der Waals surface area contributed by atoms with E-state index in [4.69, 9.17) is 0 Å². The van der Waals surface area contributed by atoms with Gasteiger partial charge in [0.25, 0.3) is 0 Å². The lowest BCUT2D eigenvalue weighted by Gasteiger charge is -2.14. The molecule has 0 aliphatic rings. The third-order valence-electron chi connectivity index (χ3n) is 3.38. The Kier molecular flexibility index (Phi) is 7.63. The maximum atomic E-state index is 12.8. The molecule has 20 heavy (non-hydrogen) atoms. The van der Waals surface area contributed by atoms with Gasteiger partial charge in [-0.2, -0.15) is 0 Å². The van der Waals surface area contributed by atoms with Crippen LogP contribution in [-0.4, -0.2) is 5.91 Å². The van der Waals surface area contributed by atoms with E-state index in [1.807, 2.05) is 13.8 Å². The Hall–Kier alpha value is -1.64. The average molecular weight is 277 g/mol. The molecule has 1 amide bonds. The lowest BCUT2D eigenvalue weighted by molar-refractivity contribution is -0.120. The monoisotopic (exact) mass is 277 g/mol. The topological polar surface area (TPSA) is 29.1 Å². The van der Waals surface area contributed by atoms with Gasteiger partial charge in [-0.1, -0.05) is 25.5 Å². The van der Waals surface area contributed by atoms with Crippen molar-refractivity contribution in [1.29, 1.82) is 0 Å². The van der Waals surface area contributed by atoms with Crippen LogP contribution >= 0.6 is 0 Å². The van der Waals surface area contributed by atoms with Crippen LogP contribution in [-0.2, 0) is 4.79 Å². The van der Waals surface area contributed by atoms with Crippen LogP contribution in [0.3, 0.4) is 0 Å². The Morgan fingerprint density at radius 3 is 2.60 bits per heavy atom. The van der Waals surface area contributed by atoms with Crippen LogP contribution in [0.4, 0.5) is 10.1 Å². The highest BCUT2D eigenvalue weighted by Gasteiger charge is 2.15. The van der Waals surface area contributed by atoms with Gasteiger partial charge in [0.05, 0.1) is 0 Å². The van der Waals surface area contributed by atoms with Gasteiger partial charge in [-0.3, -0.25) is 4.79 Å². The molecule has 0 saturated carbocycles. The van der Waals surface area contributed by atoms with Crippen LogP contribution in [0.1, 0.15) is 46.0 Å². The normalized spacial score (nSPS) is 12.6. The van der Waals surface area contributed by atoms with Crippen LogP contribution in [0.15, 0.2) is 36.4 Å². The summed E-state index contributed by atoms with van der Waals surface area (Å²) in [6.07, 6.45) is 9.19. The summed E-state index contributed by atoms with van der Waals surface area (Å²) in [6.45, 7) is 4.05. The molecule has 0 aromatic heterocycles. The molecule has 1 aromatic rings. The van der Waals surface area contributed by atoms with E-state index in [1.54, 1.807) is 12.1 Å². The first-order valence-electron chi connectivity index (χ1n) is 7.35. The summed E-state index contributed by atoms with van der Waals surface area (Å²) >= 11 is 0.